The first-order valence-electron chi connectivity index (χ1n) is 4.32. The molecule has 0 unspecified atom stereocenters. The standard InChI is InChI=1S/C10H12O2S2/c1-2-12-9(11)5-3-7-13-10-6-4-8-14-10/h3-6,8H,2,7H2,1H3/b5-3+. The van der Waals surface area contributed by atoms with E-state index in [1.807, 2.05) is 17.5 Å². The number of thiophene rings is 1. The minimum Gasteiger partial charge on any atom is -0.463 e. The van der Waals surface area contributed by atoms with E-state index in [0.717, 1.165) is 5.75 Å². The Balaban J connectivity index is 2.18. The minimum atomic E-state index is -0.265. The molecule has 1 rings (SSSR count). The van der Waals surface area contributed by atoms with E-state index in [-0.39, 0.29) is 5.97 Å². The Hall–Kier alpha value is -0.740. The number of esters is 1. The summed E-state index contributed by atoms with van der Waals surface area (Å²) in [5, 5.41) is 2.04. The Morgan fingerprint density at radius 2 is 2.57 bits per heavy atom. The SMILES string of the molecule is CCOC(=O)/C=C/CSc1cccs1. The van der Waals surface area contributed by atoms with Crippen LogP contribution in [0.25, 0.3) is 0 Å². The van der Waals surface area contributed by atoms with Gasteiger partial charge < -0.3 is 4.74 Å². The molecular weight excluding hydrogens is 216 g/mol. The molecule has 0 aliphatic heterocycles. The summed E-state index contributed by atoms with van der Waals surface area (Å²) in [4.78, 5) is 10.9. The first-order chi connectivity index (χ1) is 6.83. The largest absolute Gasteiger partial charge is 0.463 e. The van der Waals surface area contributed by atoms with Gasteiger partial charge in [0.2, 0.25) is 0 Å². The first-order valence-corrected chi connectivity index (χ1v) is 6.19. The molecule has 0 radical (unpaired) electrons. The van der Waals surface area contributed by atoms with Gasteiger partial charge in [0.1, 0.15) is 0 Å². The van der Waals surface area contributed by atoms with Crippen LogP contribution < -0.4 is 0 Å². The summed E-state index contributed by atoms with van der Waals surface area (Å²) in [6.45, 7) is 2.23. The van der Waals surface area contributed by atoms with Gasteiger partial charge in [0.25, 0.3) is 0 Å². The van der Waals surface area contributed by atoms with E-state index in [0.29, 0.717) is 6.61 Å². The van der Waals surface area contributed by atoms with Gasteiger partial charge in [0, 0.05) is 11.8 Å². The zero-order chi connectivity index (χ0) is 10.2. The highest BCUT2D eigenvalue weighted by molar-refractivity contribution is 8.01. The molecule has 0 saturated heterocycles. The number of carbonyl (C=O) groups excluding carboxylic acids is 1. The highest BCUT2D eigenvalue weighted by Crippen LogP contribution is 2.22. The Kier molecular flexibility index (Phi) is 5.40. The van der Waals surface area contributed by atoms with Gasteiger partial charge in [-0.05, 0) is 18.4 Å². The molecule has 2 nitrogen and oxygen atoms in total. The Bertz CT molecular complexity index is 291. The number of thioether (sulfide) groups is 1. The van der Waals surface area contributed by atoms with Crippen LogP contribution in [-0.4, -0.2) is 18.3 Å². The van der Waals surface area contributed by atoms with Crippen LogP contribution in [0.2, 0.25) is 0 Å². The second-order valence-electron chi connectivity index (χ2n) is 2.40. The average molecular weight is 228 g/mol. The molecule has 0 aliphatic rings. The highest BCUT2D eigenvalue weighted by atomic mass is 32.2. The average Bonchev–Trinajstić information content (AvgIpc) is 2.65. The molecule has 1 heterocycles. The zero-order valence-electron chi connectivity index (χ0n) is 7.93. The molecule has 0 amide bonds. The maximum Gasteiger partial charge on any atom is 0.330 e. The number of hydrogen-bond donors (Lipinski definition) is 0. The van der Waals surface area contributed by atoms with Gasteiger partial charge in [-0.25, -0.2) is 4.79 Å². The Morgan fingerprint density at radius 1 is 1.71 bits per heavy atom. The molecule has 14 heavy (non-hydrogen) atoms. The van der Waals surface area contributed by atoms with E-state index in [1.54, 1.807) is 30.0 Å². The molecule has 4 heteroatoms. The van der Waals surface area contributed by atoms with Gasteiger partial charge in [-0.2, -0.15) is 0 Å². The van der Waals surface area contributed by atoms with Crippen LogP contribution in [0.4, 0.5) is 0 Å². The van der Waals surface area contributed by atoms with Gasteiger partial charge in [0.05, 0.1) is 10.8 Å². The fourth-order valence-electron chi connectivity index (χ4n) is 0.811. The van der Waals surface area contributed by atoms with E-state index in [2.05, 4.69) is 6.07 Å². The number of carbonyl (C=O) groups is 1. The van der Waals surface area contributed by atoms with Crippen LogP contribution in [0, 0.1) is 0 Å². The molecule has 0 bridgehead atoms. The summed E-state index contributed by atoms with van der Waals surface area (Å²) in [6, 6.07) is 4.08. The summed E-state index contributed by atoms with van der Waals surface area (Å²) < 4.78 is 6.01. The van der Waals surface area contributed by atoms with Crippen molar-refractivity contribution < 1.29 is 9.53 Å². The summed E-state index contributed by atoms with van der Waals surface area (Å²) >= 11 is 3.42. The first kappa shape index (κ1) is 11.3. The highest BCUT2D eigenvalue weighted by Gasteiger charge is 1.94. The monoisotopic (exact) mass is 228 g/mol. The van der Waals surface area contributed by atoms with Crippen LogP contribution in [-0.2, 0) is 9.53 Å². The summed E-state index contributed by atoms with van der Waals surface area (Å²) in [6.07, 6.45) is 3.30. The third kappa shape index (κ3) is 4.48. The van der Waals surface area contributed by atoms with Crippen molar-refractivity contribution in [2.45, 2.75) is 11.1 Å². The van der Waals surface area contributed by atoms with E-state index >= 15 is 0 Å². The fraction of sp³-hybridized carbons (Fsp3) is 0.300. The van der Waals surface area contributed by atoms with Crippen LogP contribution in [0.3, 0.4) is 0 Å². The predicted molar refractivity (Wildman–Crippen MR) is 60.8 cm³/mol. The fourth-order valence-corrected chi connectivity index (χ4v) is 2.43. The maximum atomic E-state index is 10.9. The van der Waals surface area contributed by atoms with E-state index in [1.165, 1.54) is 10.3 Å². The van der Waals surface area contributed by atoms with Crippen molar-refractivity contribution in [3.8, 4) is 0 Å². The lowest BCUT2D eigenvalue weighted by molar-refractivity contribution is -0.137. The summed E-state index contributed by atoms with van der Waals surface area (Å²) in [7, 11) is 0. The van der Waals surface area contributed by atoms with Crippen molar-refractivity contribution in [1.29, 1.82) is 0 Å². The van der Waals surface area contributed by atoms with Crippen LogP contribution >= 0.6 is 23.1 Å². The van der Waals surface area contributed by atoms with Crippen molar-refractivity contribution in [3.63, 3.8) is 0 Å². The second-order valence-corrected chi connectivity index (χ2v) is 4.67. The van der Waals surface area contributed by atoms with Crippen molar-refractivity contribution in [2.75, 3.05) is 12.4 Å². The third-order valence-electron chi connectivity index (χ3n) is 1.36. The van der Waals surface area contributed by atoms with Crippen LogP contribution in [0.1, 0.15) is 6.92 Å². The smallest absolute Gasteiger partial charge is 0.330 e. The molecular formula is C10H12O2S2. The molecule has 0 spiro atoms. The lowest BCUT2D eigenvalue weighted by Crippen LogP contribution is -1.98. The van der Waals surface area contributed by atoms with Crippen molar-refractivity contribution in [1.82, 2.24) is 0 Å². The van der Waals surface area contributed by atoms with Gasteiger partial charge >= 0.3 is 5.97 Å². The maximum absolute atomic E-state index is 10.9. The molecule has 0 saturated carbocycles. The van der Waals surface area contributed by atoms with Gasteiger partial charge in [-0.15, -0.1) is 23.1 Å². The number of ether oxygens (including phenoxy) is 1. The van der Waals surface area contributed by atoms with E-state index in [4.69, 9.17) is 4.74 Å². The lowest BCUT2D eigenvalue weighted by atomic mass is 10.5. The normalized spacial score (nSPS) is 10.6. The minimum absolute atomic E-state index is 0.265. The van der Waals surface area contributed by atoms with E-state index < -0.39 is 0 Å². The number of hydrogen-bond acceptors (Lipinski definition) is 4. The van der Waals surface area contributed by atoms with Crippen molar-refractivity contribution in [2.24, 2.45) is 0 Å². The van der Waals surface area contributed by atoms with Gasteiger partial charge in [0.15, 0.2) is 0 Å². The van der Waals surface area contributed by atoms with Gasteiger partial charge in [-0.3, -0.25) is 0 Å². The molecule has 0 aromatic carbocycles. The Labute approximate surface area is 92.0 Å². The molecule has 1 aromatic heterocycles. The second kappa shape index (κ2) is 6.68. The predicted octanol–water partition coefficient (Wildman–Crippen LogP) is 2.96. The molecule has 1 aromatic rings. The topological polar surface area (TPSA) is 26.3 Å². The van der Waals surface area contributed by atoms with Crippen LogP contribution in [0.15, 0.2) is 33.9 Å². The Morgan fingerprint density at radius 3 is 3.21 bits per heavy atom. The molecule has 0 aliphatic carbocycles. The lowest BCUT2D eigenvalue weighted by Gasteiger charge is -1.94. The van der Waals surface area contributed by atoms with Crippen LogP contribution in [0.5, 0.6) is 0 Å². The van der Waals surface area contributed by atoms with Gasteiger partial charge in [-0.1, -0.05) is 12.1 Å². The summed E-state index contributed by atoms with van der Waals surface area (Å²) in [5.74, 6) is 0.540. The summed E-state index contributed by atoms with van der Waals surface area (Å²) in [5.41, 5.74) is 0. The molecule has 0 atom stereocenters. The quantitative estimate of drug-likeness (QED) is 0.440. The zero-order valence-corrected chi connectivity index (χ0v) is 9.57. The third-order valence-corrected chi connectivity index (χ3v) is 3.44. The number of rotatable bonds is 5. The van der Waals surface area contributed by atoms with E-state index in [9.17, 15) is 4.79 Å². The molecule has 0 N–H and O–H groups in total. The molecule has 0 fully saturated rings. The molecule has 76 valence electrons. The van der Waals surface area contributed by atoms with Crippen molar-refractivity contribution in [3.05, 3.63) is 29.7 Å². The van der Waals surface area contributed by atoms with Crippen molar-refractivity contribution >= 4 is 29.1 Å².